The van der Waals surface area contributed by atoms with Gasteiger partial charge in [0.25, 0.3) is 0 Å². The average molecular weight is 558 g/mol. The summed E-state index contributed by atoms with van der Waals surface area (Å²) in [7, 11) is 0. The van der Waals surface area contributed by atoms with Crippen molar-refractivity contribution < 1.29 is 32.3 Å². The van der Waals surface area contributed by atoms with E-state index >= 15 is 0 Å². The number of carbonyl (C=O) groups excluding carboxylic acids is 2. The molecule has 1 aromatic heterocycles. The zero-order chi connectivity index (χ0) is 27.8. The number of thioether (sulfide) groups is 1. The van der Waals surface area contributed by atoms with Crippen LogP contribution >= 0.6 is 11.8 Å². The van der Waals surface area contributed by atoms with Gasteiger partial charge < -0.3 is 14.1 Å². The third-order valence-electron chi connectivity index (χ3n) is 5.64. The zero-order valence-corrected chi connectivity index (χ0v) is 21.8. The molecule has 2 N–H and O–H groups in total. The maximum atomic E-state index is 12.9. The van der Waals surface area contributed by atoms with Gasteiger partial charge in [0.05, 0.1) is 11.3 Å². The molecule has 0 aliphatic carbocycles. The number of aromatic nitrogens is 1. The molecule has 0 aliphatic heterocycles. The maximum absolute atomic E-state index is 12.9. The van der Waals surface area contributed by atoms with E-state index in [-0.39, 0.29) is 47.7 Å². The summed E-state index contributed by atoms with van der Waals surface area (Å²) in [5.74, 6) is -0.336. The molecule has 0 radical (unpaired) electrons. The zero-order valence-electron chi connectivity index (χ0n) is 21.0. The normalized spacial score (nSPS) is 11.4. The number of alkyl halides is 3. The Morgan fingerprint density at radius 2 is 1.77 bits per heavy atom. The largest absolute Gasteiger partial charge is 0.487 e. The van der Waals surface area contributed by atoms with Crippen LogP contribution < -0.4 is 15.8 Å². The minimum absolute atomic E-state index is 0.0992. The summed E-state index contributed by atoms with van der Waals surface area (Å²) in [6.07, 6.45) is 0.937. The van der Waals surface area contributed by atoms with Crippen LogP contribution in [0.2, 0.25) is 0 Å². The second kappa shape index (κ2) is 12.7. The van der Waals surface area contributed by atoms with Gasteiger partial charge in [-0.2, -0.15) is 13.2 Å². The number of benzene rings is 3. The first-order valence-corrected chi connectivity index (χ1v) is 12.9. The molecule has 0 atom stereocenters. The van der Waals surface area contributed by atoms with E-state index < -0.39 is 11.5 Å². The molecule has 0 unspecified atom stereocenters. The molecular weight excluding hydrogens is 531 g/mol. The quantitative estimate of drug-likeness (QED) is 0.165. The van der Waals surface area contributed by atoms with E-state index in [1.165, 1.54) is 12.1 Å². The fourth-order valence-electron chi connectivity index (χ4n) is 3.94. The number of amides is 1. The topological polar surface area (TPSA) is 81.6 Å². The van der Waals surface area contributed by atoms with Crippen LogP contribution in [0.1, 0.15) is 41.4 Å². The van der Waals surface area contributed by atoms with Gasteiger partial charge >= 0.3 is 11.5 Å². The van der Waals surface area contributed by atoms with Gasteiger partial charge in [-0.05, 0) is 72.3 Å². The Hall–Kier alpha value is -3.96. The molecule has 3 aromatic carbocycles. The van der Waals surface area contributed by atoms with Crippen LogP contribution in [0.4, 0.5) is 13.2 Å². The van der Waals surface area contributed by atoms with Crippen molar-refractivity contribution in [2.75, 3.05) is 0 Å². The van der Waals surface area contributed by atoms with Crippen LogP contribution in [0, 0.1) is 0 Å². The van der Waals surface area contributed by atoms with Crippen molar-refractivity contribution in [2.24, 2.45) is 0 Å². The smallest absolute Gasteiger partial charge is 0.446 e. The molecular formula is C28H26F3N3O4S. The molecule has 204 valence electrons. The number of nitrogens with one attached hydrogen (secondary N) is 2. The molecule has 0 bridgehead atoms. The highest BCUT2D eigenvalue weighted by Crippen LogP contribution is 2.37. The molecule has 4 aromatic rings. The second-order valence-corrected chi connectivity index (χ2v) is 9.72. The van der Waals surface area contributed by atoms with Gasteiger partial charge in [-0.25, -0.2) is 4.79 Å². The summed E-state index contributed by atoms with van der Waals surface area (Å²) < 4.78 is 46.6. The van der Waals surface area contributed by atoms with Crippen molar-refractivity contribution in [3.63, 3.8) is 0 Å². The molecule has 0 fully saturated rings. The Bertz CT molecular complexity index is 1440. The van der Waals surface area contributed by atoms with E-state index in [1.54, 1.807) is 30.3 Å². The van der Waals surface area contributed by atoms with E-state index in [0.29, 0.717) is 23.1 Å². The molecule has 7 nitrogen and oxygen atoms in total. The van der Waals surface area contributed by atoms with E-state index in [0.717, 1.165) is 11.2 Å². The molecule has 0 saturated carbocycles. The minimum Gasteiger partial charge on any atom is -0.487 e. The second-order valence-electron chi connectivity index (χ2n) is 8.58. The van der Waals surface area contributed by atoms with E-state index in [1.807, 2.05) is 47.9 Å². The van der Waals surface area contributed by atoms with Gasteiger partial charge in [-0.15, -0.1) is 0 Å². The maximum Gasteiger partial charge on any atom is 0.446 e. The fraction of sp³-hybridized carbons (Fsp3) is 0.214. The summed E-state index contributed by atoms with van der Waals surface area (Å²) in [6, 6.07) is 22.3. The number of ether oxygens (including phenoxy) is 1. The van der Waals surface area contributed by atoms with Crippen LogP contribution in [0.15, 0.2) is 83.8 Å². The van der Waals surface area contributed by atoms with Crippen molar-refractivity contribution in [3.05, 3.63) is 95.7 Å². The molecule has 0 spiro atoms. The number of hydrazine groups is 1. The summed E-state index contributed by atoms with van der Waals surface area (Å²) in [5, 5.41) is 0.715. The molecule has 1 heterocycles. The first-order chi connectivity index (χ1) is 18.7. The lowest BCUT2D eigenvalue weighted by Crippen LogP contribution is -2.38. The molecule has 1 amide bonds. The Morgan fingerprint density at radius 1 is 0.974 bits per heavy atom. The highest BCUT2D eigenvalue weighted by atomic mass is 32.2. The van der Waals surface area contributed by atoms with Gasteiger partial charge in [0, 0.05) is 28.8 Å². The predicted molar refractivity (Wildman–Crippen MR) is 142 cm³/mol. The number of halogens is 3. The fourth-order valence-corrected chi connectivity index (χ4v) is 4.56. The Labute approximate surface area is 227 Å². The number of hydrogen-bond donors (Lipinski definition) is 2. The minimum atomic E-state index is -4.38. The lowest BCUT2D eigenvalue weighted by Gasteiger charge is -2.14. The van der Waals surface area contributed by atoms with Crippen LogP contribution in [-0.4, -0.2) is 22.0 Å². The number of rotatable bonds is 11. The summed E-state index contributed by atoms with van der Waals surface area (Å²) in [5.41, 5.74) is 2.52. The lowest BCUT2D eigenvalue weighted by molar-refractivity contribution is -0.125. The Balaban J connectivity index is 1.59. The summed E-state index contributed by atoms with van der Waals surface area (Å²) in [6.45, 7) is 2.34. The van der Waals surface area contributed by atoms with Gasteiger partial charge in [0.1, 0.15) is 12.4 Å². The number of para-hydroxylation sites is 1. The molecule has 0 aliphatic rings. The Kier molecular flexibility index (Phi) is 9.15. The monoisotopic (exact) mass is 557 g/mol. The highest BCUT2D eigenvalue weighted by Gasteiger charge is 2.29. The van der Waals surface area contributed by atoms with E-state index in [9.17, 15) is 22.8 Å². The van der Waals surface area contributed by atoms with Crippen molar-refractivity contribution in [1.82, 2.24) is 15.6 Å². The molecule has 0 saturated heterocycles. The van der Waals surface area contributed by atoms with Crippen molar-refractivity contribution in [2.45, 2.75) is 43.3 Å². The Morgan fingerprint density at radius 3 is 2.51 bits per heavy atom. The molecule has 11 heteroatoms. The van der Waals surface area contributed by atoms with Crippen LogP contribution in [-0.2, 0) is 22.8 Å². The predicted octanol–water partition coefficient (Wildman–Crippen LogP) is 6.37. The van der Waals surface area contributed by atoms with E-state index in [4.69, 9.17) is 9.57 Å². The van der Waals surface area contributed by atoms with Crippen molar-refractivity contribution >= 4 is 34.5 Å². The van der Waals surface area contributed by atoms with Crippen LogP contribution in [0.3, 0.4) is 0 Å². The van der Waals surface area contributed by atoms with Gasteiger partial charge in [-0.1, -0.05) is 42.8 Å². The van der Waals surface area contributed by atoms with Gasteiger partial charge in [-0.3, -0.25) is 10.2 Å². The highest BCUT2D eigenvalue weighted by molar-refractivity contribution is 8.00. The van der Waals surface area contributed by atoms with E-state index in [2.05, 4.69) is 11.0 Å². The van der Waals surface area contributed by atoms with Crippen molar-refractivity contribution in [1.29, 1.82) is 0 Å². The summed E-state index contributed by atoms with van der Waals surface area (Å²) in [4.78, 5) is 29.1. The van der Waals surface area contributed by atoms with Crippen LogP contribution in [0.5, 0.6) is 5.75 Å². The van der Waals surface area contributed by atoms with Gasteiger partial charge in [0.15, 0.2) is 0 Å². The summed E-state index contributed by atoms with van der Waals surface area (Å²) >= 11 is -0.159. The SMILES string of the molecule is CCCC(=O)NNOC(=O)c1ccc2c(c1)cc(COc1ccccc1)n2Cc1cccc(SC(F)(F)F)c1. The third kappa shape index (κ3) is 8.01. The average Bonchev–Trinajstić information content (AvgIpc) is 3.23. The number of fused-ring (bicyclic) bond motifs is 1. The third-order valence-corrected chi connectivity index (χ3v) is 6.36. The molecule has 4 rings (SSSR count). The van der Waals surface area contributed by atoms with Crippen molar-refractivity contribution in [3.8, 4) is 5.75 Å². The van der Waals surface area contributed by atoms with Gasteiger partial charge in [0.2, 0.25) is 5.91 Å². The number of nitrogens with zero attached hydrogens (tertiary/aromatic N) is 1. The first-order valence-electron chi connectivity index (χ1n) is 12.1. The molecule has 39 heavy (non-hydrogen) atoms. The standard InChI is InChI=1S/C28H26F3N3O4S/c1-2-7-26(35)32-33-38-27(36)20-12-13-25-21(15-20)16-22(18-37-23-9-4-3-5-10-23)34(25)17-19-8-6-11-24(14-19)39-28(29,30)31/h3-6,8-16,33H,2,7,17-18H2,1H3,(H,32,35). The van der Waals surface area contributed by atoms with Crippen LogP contribution in [0.25, 0.3) is 10.9 Å². The lowest BCUT2D eigenvalue weighted by atomic mass is 10.1. The number of carbonyl (C=O) groups is 2. The number of hydrogen-bond acceptors (Lipinski definition) is 6. The first kappa shape index (κ1) is 28.1.